The molecule has 0 amide bonds. The van der Waals surface area contributed by atoms with Crippen LogP contribution in [0.4, 0.5) is 0 Å². The normalized spacial score (nSPS) is 15.9. The van der Waals surface area contributed by atoms with Crippen LogP contribution in [0, 0.1) is 6.92 Å². The second-order valence-electron chi connectivity index (χ2n) is 5.84. The van der Waals surface area contributed by atoms with Crippen LogP contribution in [0.2, 0.25) is 0 Å². The number of aromatic nitrogens is 1. The van der Waals surface area contributed by atoms with Crippen molar-refractivity contribution >= 4 is 10.0 Å². The molecule has 0 atom stereocenters. The lowest BCUT2D eigenvalue weighted by Gasteiger charge is -2.16. The van der Waals surface area contributed by atoms with Gasteiger partial charge in [0.15, 0.2) is 0 Å². The number of hydrogen-bond acceptors (Lipinski definition) is 3. The van der Waals surface area contributed by atoms with E-state index in [4.69, 9.17) is 0 Å². The maximum absolute atomic E-state index is 12.6. The van der Waals surface area contributed by atoms with E-state index in [1.807, 2.05) is 31.2 Å². The molecule has 0 unspecified atom stereocenters. The van der Waals surface area contributed by atoms with Crippen LogP contribution in [0.25, 0.3) is 0 Å². The summed E-state index contributed by atoms with van der Waals surface area (Å²) in [6.07, 6.45) is 3.34. The molecule has 1 aliphatic rings. The maximum atomic E-state index is 12.6. The number of pyridine rings is 1. The first-order valence-corrected chi connectivity index (χ1v) is 9.18. The Morgan fingerprint density at radius 3 is 2.43 bits per heavy atom. The van der Waals surface area contributed by atoms with Crippen LogP contribution in [0.1, 0.15) is 24.0 Å². The van der Waals surface area contributed by atoms with Gasteiger partial charge in [-0.3, -0.25) is 4.79 Å². The zero-order valence-corrected chi connectivity index (χ0v) is 13.9. The van der Waals surface area contributed by atoms with Crippen molar-refractivity contribution < 1.29 is 8.42 Å². The highest BCUT2D eigenvalue weighted by atomic mass is 32.2. The average molecular weight is 332 g/mol. The van der Waals surface area contributed by atoms with E-state index in [1.54, 1.807) is 12.3 Å². The molecule has 0 bridgehead atoms. The summed E-state index contributed by atoms with van der Waals surface area (Å²) in [5.74, 6) is 0. The first-order valence-electron chi connectivity index (χ1n) is 7.74. The molecule has 1 saturated heterocycles. The molecule has 1 fully saturated rings. The van der Waals surface area contributed by atoms with E-state index in [1.165, 1.54) is 14.9 Å². The number of hydrogen-bond donors (Lipinski definition) is 0. The highest BCUT2D eigenvalue weighted by Gasteiger charge is 2.29. The summed E-state index contributed by atoms with van der Waals surface area (Å²) in [5.41, 5.74) is 1.63. The van der Waals surface area contributed by atoms with Crippen LogP contribution < -0.4 is 5.56 Å². The first kappa shape index (κ1) is 16.0. The number of benzene rings is 1. The van der Waals surface area contributed by atoms with E-state index < -0.39 is 15.6 Å². The van der Waals surface area contributed by atoms with Crippen LogP contribution in [-0.2, 0) is 16.6 Å². The zero-order chi connectivity index (χ0) is 16.4. The van der Waals surface area contributed by atoms with Gasteiger partial charge in [0.05, 0.1) is 6.54 Å². The van der Waals surface area contributed by atoms with Gasteiger partial charge < -0.3 is 4.57 Å². The fourth-order valence-electron chi connectivity index (χ4n) is 2.87. The minimum atomic E-state index is -3.69. The molecular weight excluding hydrogens is 312 g/mol. The first-order chi connectivity index (χ1) is 11.0. The highest BCUT2D eigenvalue weighted by molar-refractivity contribution is 7.89. The molecule has 0 saturated carbocycles. The molecule has 6 heteroatoms. The van der Waals surface area contributed by atoms with E-state index in [9.17, 15) is 13.2 Å². The highest BCUT2D eigenvalue weighted by Crippen LogP contribution is 2.18. The second kappa shape index (κ2) is 6.29. The van der Waals surface area contributed by atoms with Crippen LogP contribution in [0.5, 0.6) is 0 Å². The van der Waals surface area contributed by atoms with Gasteiger partial charge in [0.25, 0.3) is 5.56 Å². The van der Waals surface area contributed by atoms with Crippen molar-refractivity contribution in [3.8, 4) is 0 Å². The Morgan fingerprint density at radius 2 is 1.74 bits per heavy atom. The molecule has 1 aromatic carbocycles. The van der Waals surface area contributed by atoms with Gasteiger partial charge in [-0.15, -0.1) is 0 Å². The monoisotopic (exact) mass is 332 g/mol. The minimum absolute atomic E-state index is 0.129. The van der Waals surface area contributed by atoms with Crippen molar-refractivity contribution in [2.24, 2.45) is 0 Å². The van der Waals surface area contributed by atoms with Gasteiger partial charge in [-0.05, 0) is 43.0 Å². The largest absolute Gasteiger partial charge is 0.310 e. The van der Waals surface area contributed by atoms with Gasteiger partial charge in [-0.2, -0.15) is 4.31 Å². The lowest BCUT2D eigenvalue weighted by molar-refractivity contribution is 0.475. The summed E-state index contributed by atoms with van der Waals surface area (Å²) in [5, 5.41) is 0. The number of aryl methyl sites for hydroxylation is 1. The Balaban J connectivity index is 1.99. The Bertz CT molecular complexity index is 865. The molecule has 0 N–H and O–H groups in total. The van der Waals surface area contributed by atoms with E-state index in [-0.39, 0.29) is 4.90 Å². The van der Waals surface area contributed by atoms with Crippen LogP contribution in [-0.4, -0.2) is 30.4 Å². The third kappa shape index (κ3) is 3.09. The van der Waals surface area contributed by atoms with Gasteiger partial charge in [-0.1, -0.05) is 24.3 Å². The Kier molecular flexibility index (Phi) is 4.37. The van der Waals surface area contributed by atoms with E-state index in [2.05, 4.69) is 0 Å². The van der Waals surface area contributed by atoms with E-state index in [0.29, 0.717) is 19.6 Å². The zero-order valence-electron chi connectivity index (χ0n) is 13.1. The topological polar surface area (TPSA) is 59.4 Å². The molecular formula is C17H20N2O3S. The summed E-state index contributed by atoms with van der Waals surface area (Å²) in [6.45, 7) is 3.34. The van der Waals surface area contributed by atoms with Gasteiger partial charge in [0, 0.05) is 19.3 Å². The third-order valence-electron chi connectivity index (χ3n) is 4.27. The van der Waals surface area contributed by atoms with Crippen molar-refractivity contribution in [1.82, 2.24) is 8.87 Å². The standard InChI is InChI=1S/C17H20N2O3S/c1-14-7-2-3-8-15(14)13-18-10-6-9-16(17(18)20)23(21,22)19-11-4-5-12-19/h2-3,6-10H,4-5,11-13H2,1H3. The van der Waals surface area contributed by atoms with Crippen molar-refractivity contribution in [3.63, 3.8) is 0 Å². The lowest BCUT2D eigenvalue weighted by atomic mass is 10.1. The minimum Gasteiger partial charge on any atom is -0.310 e. The predicted octanol–water partition coefficient (Wildman–Crippen LogP) is 1.99. The molecule has 5 nitrogen and oxygen atoms in total. The molecule has 2 heterocycles. The summed E-state index contributed by atoms with van der Waals surface area (Å²) in [7, 11) is -3.69. The van der Waals surface area contributed by atoms with Crippen molar-refractivity contribution in [2.45, 2.75) is 31.2 Å². The fourth-order valence-corrected chi connectivity index (χ4v) is 4.48. The van der Waals surface area contributed by atoms with Crippen molar-refractivity contribution in [3.05, 3.63) is 64.1 Å². The smallest absolute Gasteiger partial charge is 0.271 e. The number of nitrogens with zero attached hydrogens (tertiary/aromatic N) is 2. The molecule has 0 spiro atoms. The Morgan fingerprint density at radius 1 is 1.04 bits per heavy atom. The Labute approximate surface area is 136 Å². The summed E-state index contributed by atoms with van der Waals surface area (Å²) in [6, 6.07) is 10.8. The number of sulfonamides is 1. The van der Waals surface area contributed by atoms with Crippen LogP contribution >= 0.6 is 0 Å². The van der Waals surface area contributed by atoms with Gasteiger partial charge in [-0.25, -0.2) is 8.42 Å². The van der Waals surface area contributed by atoms with Crippen LogP contribution in [0.3, 0.4) is 0 Å². The molecule has 0 radical (unpaired) electrons. The lowest BCUT2D eigenvalue weighted by Crippen LogP contribution is -2.34. The van der Waals surface area contributed by atoms with E-state index in [0.717, 1.165) is 24.0 Å². The average Bonchev–Trinajstić information content (AvgIpc) is 3.06. The SMILES string of the molecule is Cc1ccccc1Cn1cccc(S(=O)(=O)N2CCCC2)c1=O. The summed E-state index contributed by atoms with van der Waals surface area (Å²) < 4.78 is 28.1. The second-order valence-corrected chi connectivity index (χ2v) is 7.75. The molecule has 122 valence electrons. The quantitative estimate of drug-likeness (QED) is 0.860. The summed E-state index contributed by atoms with van der Waals surface area (Å²) in [4.78, 5) is 12.5. The molecule has 23 heavy (non-hydrogen) atoms. The summed E-state index contributed by atoms with van der Waals surface area (Å²) >= 11 is 0. The Hall–Kier alpha value is -1.92. The molecule has 1 aliphatic heterocycles. The maximum Gasteiger partial charge on any atom is 0.271 e. The molecule has 0 aliphatic carbocycles. The molecule has 3 rings (SSSR count). The van der Waals surface area contributed by atoms with Gasteiger partial charge >= 0.3 is 0 Å². The van der Waals surface area contributed by atoms with Crippen LogP contribution in [0.15, 0.2) is 52.3 Å². The van der Waals surface area contributed by atoms with Crippen molar-refractivity contribution in [1.29, 1.82) is 0 Å². The molecule has 1 aromatic heterocycles. The third-order valence-corrected chi connectivity index (χ3v) is 6.18. The van der Waals surface area contributed by atoms with Crippen molar-refractivity contribution in [2.75, 3.05) is 13.1 Å². The van der Waals surface area contributed by atoms with Gasteiger partial charge in [0.1, 0.15) is 4.90 Å². The fraction of sp³-hybridized carbons (Fsp3) is 0.353. The predicted molar refractivity (Wildman–Crippen MR) is 89.0 cm³/mol. The molecule has 2 aromatic rings. The van der Waals surface area contributed by atoms with Gasteiger partial charge in [0.2, 0.25) is 10.0 Å². The number of rotatable bonds is 4. The van der Waals surface area contributed by atoms with E-state index >= 15 is 0 Å².